The standard InChI is InChI=1S/C29H35F3N2O/c30-29(31,32)25-10-5-9-24(20-25)21-12-16-33(17-13-21)18-15-27-26-11-4-3-6-22(26)14-19-34(27)28(35)23-7-1-2-8-23/h3-6,9-11,20-21,23,27H,1-2,7-8,12-19H2. The number of carbonyl (C=O) groups excluding carboxylic acids is 1. The Balaban J connectivity index is 1.22. The van der Waals surface area contributed by atoms with Gasteiger partial charge in [0, 0.05) is 19.0 Å². The van der Waals surface area contributed by atoms with E-state index in [4.69, 9.17) is 0 Å². The molecule has 1 amide bonds. The lowest BCUT2D eigenvalue weighted by Gasteiger charge is -2.40. The van der Waals surface area contributed by atoms with Crippen LogP contribution in [0.2, 0.25) is 0 Å². The van der Waals surface area contributed by atoms with Crippen LogP contribution < -0.4 is 0 Å². The van der Waals surface area contributed by atoms with Gasteiger partial charge in [-0.1, -0.05) is 55.3 Å². The molecule has 1 unspecified atom stereocenters. The van der Waals surface area contributed by atoms with Crippen molar-refractivity contribution < 1.29 is 18.0 Å². The Bertz CT molecular complexity index is 1020. The average molecular weight is 485 g/mol. The first kappa shape index (κ1) is 24.4. The Morgan fingerprint density at radius 2 is 1.66 bits per heavy atom. The van der Waals surface area contributed by atoms with E-state index in [0.29, 0.717) is 5.91 Å². The Labute approximate surface area is 206 Å². The van der Waals surface area contributed by atoms with Gasteiger partial charge >= 0.3 is 6.18 Å². The maximum atomic E-state index is 13.4. The van der Waals surface area contributed by atoms with E-state index >= 15 is 0 Å². The SMILES string of the molecule is O=C(C1CCCC1)N1CCc2ccccc2C1CCN1CCC(c2cccc(C(F)(F)F)c2)CC1. The Morgan fingerprint density at radius 1 is 0.914 bits per heavy atom. The van der Waals surface area contributed by atoms with E-state index in [1.54, 1.807) is 0 Å². The van der Waals surface area contributed by atoms with Gasteiger partial charge in [-0.2, -0.15) is 13.2 Å². The quantitative estimate of drug-likeness (QED) is 0.478. The van der Waals surface area contributed by atoms with E-state index in [0.717, 1.165) is 89.2 Å². The third-order valence-electron chi connectivity index (χ3n) is 8.39. The summed E-state index contributed by atoms with van der Waals surface area (Å²) >= 11 is 0. The molecule has 3 aliphatic rings. The van der Waals surface area contributed by atoms with Crippen molar-refractivity contribution in [2.45, 2.75) is 69.5 Å². The van der Waals surface area contributed by atoms with Gasteiger partial charge in [0.05, 0.1) is 11.6 Å². The molecule has 1 saturated carbocycles. The first-order valence-corrected chi connectivity index (χ1v) is 13.2. The summed E-state index contributed by atoms with van der Waals surface area (Å²) in [6, 6.07) is 14.5. The molecule has 0 radical (unpaired) electrons. The first-order valence-electron chi connectivity index (χ1n) is 13.2. The predicted molar refractivity (Wildman–Crippen MR) is 131 cm³/mol. The number of alkyl halides is 3. The van der Waals surface area contributed by atoms with Gasteiger partial charge in [-0.15, -0.1) is 0 Å². The minimum Gasteiger partial charge on any atom is -0.335 e. The number of halogens is 3. The van der Waals surface area contributed by atoms with E-state index in [1.165, 1.54) is 23.3 Å². The van der Waals surface area contributed by atoms with Crippen molar-refractivity contribution >= 4 is 5.91 Å². The molecule has 35 heavy (non-hydrogen) atoms. The van der Waals surface area contributed by atoms with Crippen LogP contribution in [0.15, 0.2) is 48.5 Å². The second-order valence-electron chi connectivity index (χ2n) is 10.5. The summed E-state index contributed by atoms with van der Waals surface area (Å²) in [4.78, 5) is 18.0. The van der Waals surface area contributed by atoms with Crippen LogP contribution in [0.25, 0.3) is 0 Å². The number of likely N-dealkylation sites (tertiary alicyclic amines) is 1. The summed E-state index contributed by atoms with van der Waals surface area (Å²) in [5.74, 6) is 0.695. The lowest BCUT2D eigenvalue weighted by Crippen LogP contribution is -2.44. The number of carbonyl (C=O) groups is 1. The molecule has 1 atom stereocenters. The highest BCUT2D eigenvalue weighted by atomic mass is 19.4. The van der Waals surface area contributed by atoms with Gasteiger partial charge in [-0.05, 0) is 80.3 Å². The van der Waals surface area contributed by atoms with Gasteiger partial charge < -0.3 is 9.80 Å². The molecule has 5 rings (SSSR count). The van der Waals surface area contributed by atoms with E-state index in [1.807, 2.05) is 6.07 Å². The molecule has 0 bridgehead atoms. The molecule has 3 nitrogen and oxygen atoms in total. The topological polar surface area (TPSA) is 23.6 Å². The summed E-state index contributed by atoms with van der Waals surface area (Å²) in [6.07, 6.45) is 3.63. The molecule has 1 saturated heterocycles. The van der Waals surface area contributed by atoms with Crippen molar-refractivity contribution in [3.63, 3.8) is 0 Å². The Kier molecular flexibility index (Phi) is 7.19. The first-order chi connectivity index (χ1) is 16.9. The molecular formula is C29H35F3N2O. The summed E-state index contributed by atoms with van der Waals surface area (Å²) < 4.78 is 39.4. The number of hydrogen-bond acceptors (Lipinski definition) is 2. The minimum absolute atomic E-state index is 0.120. The van der Waals surface area contributed by atoms with Gasteiger partial charge in [0.2, 0.25) is 5.91 Å². The molecular weight excluding hydrogens is 449 g/mol. The van der Waals surface area contributed by atoms with Crippen molar-refractivity contribution in [3.8, 4) is 0 Å². The number of piperidine rings is 1. The van der Waals surface area contributed by atoms with Crippen LogP contribution in [0.4, 0.5) is 13.2 Å². The van der Waals surface area contributed by atoms with Crippen molar-refractivity contribution in [2.24, 2.45) is 5.92 Å². The Hall–Kier alpha value is -2.34. The molecule has 2 aromatic rings. The highest BCUT2D eigenvalue weighted by Gasteiger charge is 2.36. The number of rotatable bonds is 5. The van der Waals surface area contributed by atoms with Gasteiger partial charge in [0.1, 0.15) is 0 Å². The van der Waals surface area contributed by atoms with Crippen LogP contribution in [0, 0.1) is 5.92 Å². The van der Waals surface area contributed by atoms with Crippen molar-refractivity contribution in [3.05, 3.63) is 70.8 Å². The van der Waals surface area contributed by atoms with Crippen molar-refractivity contribution in [2.75, 3.05) is 26.2 Å². The molecule has 1 aliphatic carbocycles. The van der Waals surface area contributed by atoms with Gasteiger partial charge in [-0.3, -0.25) is 4.79 Å². The number of fused-ring (bicyclic) bond motifs is 1. The number of hydrogen-bond donors (Lipinski definition) is 0. The zero-order valence-corrected chi connectivity index (χ0v) is 20.3. The summed E-state index contributed by atoms with van der Waals surface area (Å²) in [5.41, 5.74) is 2.90. The van der Waals surface area contributed by atoms with E-state index in [9.17, 15) is 18.0 Å². The highest BCUT2D eigenvalue weighted by molar-refractivity contribution is 5.80. The van der Waals surface area contributed by atoms with Gasteiger partial charge in [0.15, 0.2) is 0 Å². The second-order valence-corrected chi connectivity index (χ2v) is 10.5. The van der Waals surface area contributed by atoms with Crippen LogP contribution >= 0.6 is 0 Å². The normalized spacial score (nSPS) is 22.4. The van der Waals surface area contributed by atoms with Crippen LogP contribution in [-0.4, -0.2) is 41.9 Å². The van der Waals surface area contributed by atoms with Crippen LogP contribution in [0.5, 0.6) is 0 Å². The zero-order chi connectivity index (χ0) is 24.4. The molecule has 2 aromatic carbocycles. The predicted octanol–water partition coefficient (Wildman–Crippen LogP) is 6.59. The van der Waals surface area contributed by atoms with E-state index < -0.39 is 11.7 Å². The average Bonchev–Trinajstić information content (AvgIpc) is 3.42. The fraction of sp³-hybridized carbons (Fsp3) is 0.552. The fourth-order valence-electron chi connectivity index (χ4n) is 6.40. The molecule has 2 aliphatic heterocycles. The lowest BCUT2D eigenvalue weighted by atomic mass is 9.87. The Morgan fingerprint density at radius 3 is 2.40 bits per heavy atom. The smallest absolute Gasteiger partial charge is 0.335 e. The molecule has 2 heterocycles. The monoisotopic (exact) mass is 484 g/mol. The van der Waals surface area contributed by atoms with Crippen LogP contribution in [0.3, 0.4) is 0 Å². The second kappa shape index (κ2) is 10.3. The summed E-state index contributed by atoms with van der Waals surface area (Å²) in [5, 5.41) is 0. The van der Waals surface area contributed by atoms with Crippen LogP contribution in [-0.2, 0) is 17.4 Å². The largest absolute Gasteiger partial charge is 0.416 e. The zero-order valence-electron chi connectivity index (χ0n) is 20.3. The molecule has 2 fully saturated rings. The van der Waals surface area contributed by atoms with Crippen LogP contribution in [0.1, 0.15) is 79.2 Å². The highest BCUT2D eigenvalue weighted by Crippen LogP contribution is 2.38. The fourth-order valence-corrected chi connectivity index (χ4v) is 6.40. The molecule has 188 valence electrons. The van der Waals surface area contributed by atoms with Crippen molar-refractivity contribution in [1.82, 2.24) is 9.80 Å². The number of amides is 1. The number of nitrogens with zero attached hydrogens (tertiary/aromatic N) is 2. The molecule has 0 aromatic heterocycles. The van der Waals surface area contributed by atoms with Gasteiger partial charge in [0.25, 0.3) is 0 Å². The lowest BCUT2D eigenvalue weighted by molar-refractivity contribution is -0.139. The van der Waals surface area contributed by atoms with E-state index in [-0.39, 0.29) is 17.9 Å². The number of benzene rings is 2. The van der Waals surface area contributed by atoms with Crippen molar-refractivity contribution in [1.29, 1.82) is 0 Å². The molecule has 0 N–H and O–H groups in total. The molecule has 6 heteroatoms. The summed E-state index contributed by atoms with van der Waals surface area (Å²) in [6.45, 7) is 3.47. The molecule has 0 spiro atoms. The third-order valence-corrected chi connectivity index (χ3v) is 8.39. The summed E-state index contributed by atoms with van der Waals surface area (Å²) in [7, 11) is 0. The third kappa shape index (κ3) is 5.42. The van der Waals surface area contributed by atoms with E-state index in [2.05, 4.69) is 34.1 Å². The minimum atomic E-state index is -4.30. The van der Waals surface area contributed by atoms with Gasteiger partial charge in [-0.25, -0.2) is 0 Å². The maximum absolute atomic E-state index is 13.4. The maximum Gasteiger partial charge on any atom is 0.416 e.